The first kappa shape index (κ1) is 8.43. The summed E-state index contributed by atoms with van der Waals surface area (Å²) in [7, 11) is 0. The Morgan fingerprint density at radius 3 is 2.93 bits per heavy atom. The van der Waals surface area contributed by atoms with Gasteiger partial charge < -0.3 is 0 Å². The van der Waals surface area contributed by atoms with Crippen molar-refractivity contribution in [2.45, 2.75) is 0 Å². The Hall–Kier alpha value is -2.17. The molecule has 14 heavy (non-hydrogen) atoms. The highest BCUT2D eigenvalue weighted by atomic mass is 16.1. The van der Waals surface area contributed by atoms with Crippen LogP contribution in [0.1, 0.15) is 10.5 Å². The molecule has 5 heteroatoms. The Balaban J connectivity index is 2.47. The lowest BCUT2D eigenvalue weighted by Gasteiger charge is -1.96. The fraction of sp³-hybridized carbons (Fsp3) is 0. The van der Waals surface area contributed by atoms with Crippen molar-refractivity contribution in [1.82, 2.24) is 20.2 Å². The summed E-state index contributed by atoms with van der Waals surface area (Å²) in [6.45, 7) is 0. The van der Waals surface area contributed by atoms with E-state index >= 15 is 0 Å². The Labute approximate surface area is 79.9 Å². The Kier molecular flexibility index (Phi) is 2.22. The molecule has 0 unspecified atom stereocenters. The molecule has 0 aliphatic rings. The minimum atomic E-state index is 0.251. The van der Waals surface area contributed by atoms with E-state index in [-0.39, 0.29) is 5.69 Å². The Morgan fingerprint density at radius 2 is 2.21 bits per heavy atom. The topological polar surface area (TPSA) is 68.6 Å². The smallest absolute Gasteiger partial charge is 0.201 e. The van der Waals surface area contributed by atoms with E-state index < -0.39 is 0 Å². The van der Waals surface area contributed by atoms with Crippen molar-refractivity contribution in [2.75, 3.05) is 0 Å². The normalized spacial score (nSPS) is 9.71. The summed E-state index contributed by atoms with van der Waals surface area (Å²) in [5.41, 5.74) is 0.851. The monoisotopic (exact) mass is 186 g/mol. The Bertz CT molecular complexity index is 444. The zero-order chi connectivity index (χ0) is 9.80. The van der Waals surface area contributed by atoms with Gasteiger partial charge in [0.1, 0.15) is 11.4 Å². The van der Waals surface area contributed by atoms with Crippen LogP contribution in [-0.2, 0) is 0 Å². The molecule has 0 fully saturated rings. The van der Waals surface area contributed by atoms with E-state index in [1.165, 1.54) is 6.20 Å². The maximum Gasteiger partial charge on any atom is 0.201 e. The molecule has 2 heterocycles. The largest absolute Gasteiger partial charge is 0.296 e. The van der Waals surface area contributed by atoms with Gasteiger partial charge >= 0.3 is 0 Å². The molecule has 0 spiro atoms. The van der Waals surface area contributed by atoms with E-state index in [4.69, 9.17) is 0 Å². The molecule has 5 nitrogen and oxygen atoms in total. The van der Waals surface area contributed by atoms with Crippen LogP contribution in [0.5, 0.6) is 0 Å². The van der Waals surface area contributed by atoms with Gasteiger partial charge in [-0.15, -0.1) is 5.10 Å². The zero-order valence-corrected chi connectivity index (χ0v) is 7.16. The fourth-order valence-corrected chi connectivity index (χ4v) is 0.977. The average molecular weight is 186 g/mol. The van der Waals surface area contributed by atoms with Crippen molar-refractivity contribution in [3.8, 4) is 11.5 Å². The van der Waals surface area contributed by atoms with Crippen LogP contribution in [0.2, 0.25) is 0 Å². The lowest BCUT2D eigenvalue weighted by molar-refractivity contribution is 0.111. The van der Waals surface area contributed by atoms with Crippen LogP contribution in [0.15, 0.2) is 30.6 Å². The van der Waals surface area contributed by atoms with Crippen molar-refractivity contribution in [2.24, 2.45) is 0 Å². The SMILES string of the molecule is O=Cc1cnnc(-c2ccccn2)n1. The van der Waals surface area contributed by atoms with Crippen LogP contribution in [0.25, 0.3) is 11.5 Å². The highest BCUT2D eigenvalue weighted by molar-refractivity contribution is 5.71. The van der Waals surface area contributed by atoms with Crippen molar-refractivity contribution < 1.29 is 4.79 Å². The molecule has 0 N–H and O–H groups in total. The molecule has 2 aromatic rings. The van der Waals surface area contributed by atoms with Gasteiger partial charge in [0.05, 0.1) is 6.20 Å². The quantitative estimate of drug-likeness (QED) is 0.647. The lowest BCUT2D eigenvalue weighted by atomic mass is 10.3. The number of nitrogens with zero attached hydrogens (tertiary/aromatic N) is 4. The van der Waals surface area contributed by atoms with Crippen LogP contribution >= 0.6 is 0 Å². The second kappa shape index (κ2) is 3.69. The van der Waals surface area contributed by atoms with Gasteiger partial charge in [-0.25, -0.2) is 4.98 Å². The van der Waals surface area contributed by atoms with E-state index in [2.05, 4.69) is 20.2 Å². The summed E-state index contributed by atoms with van der Waals surface area (Å²) in [4.78, 5) is 18.4. The van der Waals surface area contributed by atoms with Crippen LogP contribution < -0.4 is 0 Å². The molecule has 68 valence electrons. The van der Waals surface area contributed by atoms with Gasteiger partial charge in [-0.05, 0) is 12.1 Å². The van der Waals surface area contributed by atoms with E-state index in [1.807, 2.05) is 6.07 Å². The number of hydrogen-bond acceptors (Lipinski definition) is 5. The number of carbonyl (C=O) groups is 1. The molecule has 0 atom stereocenters. The predicted molar refractivity (Wildman–Crippen MR) is 48.4 cm³/mol. The van der Waals surface area contributed by atoms with Crippen molar-refractivity contribution in [3.05, 3.63) is 36.3 Å². The molecule has 0 amide bonds. The summed E-state index contributed by atoms with van der Waals surface area (Å²) >= 11 is 0. The maximum atomic E-state index is 10.4. The van der Waals surface area contributed by atoms with Crippen LogP contribution in [-0.4, -0.2) is 26.5 Å². The number of pyridine rings is 1. The van der Waals surface area contributed by atoms with Gasteiger partial charge in [-0.2, -0.15) is 5.10 Å². The van der Waals surface area contributed by atoms with Crippen molar-refractivity contribution >= 4 is 6.29 Å². The zero-order valence-electron chi connectivity index (χ0n) is 7.16. The van der Waals surface area contributed by atoms with Crippen molar-refractivity contribution in [1.29, 1.82) is 0 Å². The molecule has 0 aliphatic heterocycles. The molecular weight excluding hydrogens is 180 g/mol. The van der Waals surface area contributed by atoms with Gasteiger partial charge in [-0.1, -0.05) is 6.07 Å². The first-order valence-electron chi connectivity index (χ1n) is 3.96. The molecule has 0 saturated carbocycles. The molecule has 0 saturated heterocycles. The number of aldehydes is 1. The van der Waals surface area contributed by atoms with Gasteiger partial charge in [0, 0.05) is 6.20 Å². The second-order valence-electron chi connectivity index (χ2n) is 2.54. The van der Waals surface area contributed by atoms with Gasteiger partial charge in [-0.3, -0.25) is 9.78 Å². The number of rotatable bonds is 2. The van der Waals surface area contributed by atoms with Crippen LogP contribution in [0.4, 0.5) is 0 Å². The first-order chi connectivity index (χ1) is 6.90. The molecule has 0 aliphatic carbocycles. The standard InChI is InChI=1S/C9H6N4O/c14-6-7-5-11-13-9(12-7)8-3-1-2-4-10-8/h1-6H. The summed E-state index contributed by atoms with van der Waals surface area (Å²) in [5, 5.41) is 7.42. The van der Waals surface area contributed by atoms with Crippen molar-refractivity contribution in [3.63, 3.8) is 0 Å². The molecular formula is C9H6N4O. The highest BCUT2D eigenvalue weighted by Gasteiger charge is 2.02. The molecule has 2 aromatic heterocycles. The predicted octanol–water partition coefficient (Wildman–Crippen LogP) is 0.746. The second-order valence-corrected chi connectivity index (χ2v) is 2.54. The van der Waals surface area contributed by atoms with Gasteiger partial charge in [0.25, 0.3) is 0 Å². The third-order valence-electron chi connectivity index (χ3n) is 1.59. The fourth-order valence-electron chi connectivity index (χ4n) is 0.977. The van der Waals surface area contributed by atoms with Crippen LogP contribution in [0.3, 0.4) is 0 Å². The summed E-state index contributed by atoms with van der Waals surface area (Å²) in [6.07, 6.45) is 3.56. The Morgan fingerprint density at radius 1 is 1.29 bits per heavy atom. The minimum Gasteiger partial charge on any atom is -0.296 e. The van der Waals surface area contributed by atoms with Crippen LogP contribution in [0, 0.1) is 0 Å². The summed E-state index contributed by atoms with van der Waals surface area (Å²) in [5.74, 6) is 0.357. The highest BCUT2D eigenvalue weighted by Crippen LogP contribution is 2.08. The number of carbonyl (C=O) groups excluding carboxylic acids is 1. The first-order valence-corrected chi connectivity index (χ1v) is 3.96. The maximum absolute atomic E-state index is 10.4. The van der Waals surface area contributed by atoms with E-state index in [0.29, 0.717) is 17.8 Å². The summed E-state index contributed by atoms with van der Waals surface area (Å²) in [6, 6.07) is 5.37. The third kappa shape index (κ3) is 1.61. The number of hydrogen-bond donors (Lipinski definition) is 0. The minimum absolute atomic E-state index is 0.251. The van der Waals surface area contributed by atoms with E-state index in [1.54, 1.807) is 18.3 Å². The molecule has 0 radical (unpaired) electrons. The summed E-state index contributed by atoms with van der Waals surface area (Å²) < 4.78 is 0. The number of aromatic nitrogens is 4. The molecule has 2 rings (SSSR count). The van der Waals surface area contributed by atoms with E-state index in [9.17, 15) is 4.79 Å². The third-order valence-corrected chi connectivity index (χ3v) is 1.59. The molecule has 0 aromatic carbocycles. The van der Waals surface area contributed by atoms with Gasteiger partial charge in [0.15, 0.2) is 6.29 Å². The van der Waals surface area contributed by atoms with E-state index in [0.717, 1.165) is 0 Å². The molecule has 0 bridgehead atoms. The average Bonchev–Trinajstić information content (AvgIpc) is 2.30. The lowest BCUT2D eigenvalue weighted by Crippen LogP contribution is -1.97. The van der Waals surface area contributed by atoms with Gasteiger partial charge in [0.2, 0.25) is 5.82 Å².